The van der Waals surface area contributed by atoms with Crippen LogP contribution in [-0.2, 0) is 13.0 Å². The van der Waals surface area contributed by atoms with Crippen molar-refractivity contribution >= 4 is 0 Å². The normalized spacial score (nSPS) is 10.5. The number of nitriles is 1. The minimum absolute atomic E-state index is 0.0747. The first-order valence-electron chi connectivity index (χ1n) is 6.36. The van der Waals surface area contributed by atoms with Gasteiger partial charge < -0.3 is 4.52 Å². The first-order valence-corrected chi connectivity index (χ1v) is 6.36. The maximum Gasteiger partial charge on any atom is 0.285 e. The van der Waals surface area contributed by atoms with Gasteiger partial charge in [-0.05, 0) is 25.8 Å². The number of rotatable bonds is 4. The molecule has 2 aromatic heterocycles. The molecular formula is C13H15N5O2. The smallest absolute Gasteiger partial charge is 0.285 e. The fourth-order valence-corrected chi connectivity index (χ4v) is 1.82. The summed E-state index contributed by atoms with van der Waals surface area (Å²) in [5.74, 6) is 0.926. The van der Waals surface area contributed by atoms with E-state index in [9.17, 15) is 4.79 Å². The van der Waals surface area contributed by atoms with Crippen LogP contribution in [0, 0.1) is 25.2 Å². The number of aryl methyl sites for hydroxylation is 2. The standard InChI is InChI=1S/C13H15N5O2/c1-4-5-11-15-12(20-17-11)7-18-13(19)10(6-14)8(2)9(3)16-18/h4-5,7H2,1-3H3. The molecule has 0 saturated carbocycles. The van der Waals surface area contributed by atoms with E-state index >= 15 is 0 Å². The molecule has 0 amide bonds. The number of hydrogen-bond acceptors (Lipinski definition) is 6. The predicted molar refractivity (Wildman–Crippen MR) is 70.1 cm³/mol. The minimum atomic E-state index is -0.439. The van der Waals surface area contributed by atoms with Gasteiger partial charge in [0.25, 0.3) is 5.56 Å². The van der Waals surface area contributed by atoms with Gasteiger partial charge in [-0.15, -0.1) is 0 Å². The van der Waals surface area contributed by atoms with Gasteiger partial charge >= 0.3 is 0 Å². The molecule has 0 aliphatic rings. The highest BCUT2D eigenvalue weighted by Gasteiger charge is 2.14. The summed E-state index contributed by atoms with van der Waals surface area (Å²) in [6.45, 7) is 5.55. The fraction of sp³-hybridized carbons (Fsp3) is 0.462. The summed E-state index contributed by atoms with van der Waals surface area (Å²) >= 11 is 0. The van der Waals surface area contributed by atoms with Crippen LogP contribution in [0.1, 0.15) is 41.9 Å². The van der Waals surface area contributed by atoms with E-state index in [0.29, 0.717) is 23.0 Å². The Morgan fingerprint density at radius 2 is 2.15 bits per heavy atom. The topological polar surface area (TPSA) is 97.6 Å². The first kappa shape index (κ1) is 13.9. The molecule has 0 unspecified atom stereocenters. The van der Waals surface area contributed by atoms with Crippen molar-refractivity contribution in [2.24, 2.45) is 0 Å². The maximum atomic E-state index is 12.1. The van der Waals surface area contributed by atoms with Crippen molar-refractivity contribution < 1.29 is 4.52 Å². The van der Waals surface area contributed by atoms with Crippen molar-refractivity contribution in [2.45, 2.75) is 40.2 Å². The molecule has 0 N–H and O–H groups in total. The zero-order chi connectivity index (χ0) is 14.7. The van der Waals surface area contributed by atoms with E-state index in [0.717, 1.165) is 12.8 Å². The summed E-state index contributed by atoms with van der Waals surface area (Å²) < 4.78 is 6.26. The van der Waals surface area contributed by atoms with Crippen LogP contribution in [0.3, 0.4) is 0 Å². The lowest BCUT2D eigenvalue weighted by Crippen LogP contribution is -2.28. The van der Waals surface area contributed by atoms with Gasteiger partial charge in [0, 0.05) is 6.42 Å². The minimum Gasteiger partial charge on any atom is -0.337 e. The number of aromatic nitrogens is 4. The van der Waals surface area contributed by atoms with Crippen LogP contribution in [0.4, 0.5) is 0 Å². The van der Waals surface area contributed by atoms with E-state index in [2.05, 4.69) is 15.2 Å². The van der Waals surface area contributed by atoms with Crippen molar-refractivity contribution in [3.8, 4) is 6.07 Å². The highest BCUT2D eigenvalue weighted by Crippen LogP contribution is 2.06. The molecule has 0 aliphatic carbocycles. The summed E-state index contributed by atoms with van der Waals surface area (Å²) in [6.07, 6.45) is 1.64. The lowest BCUT2D eigenvalue weighted by Gasteiger charge is -2.06. The molecule has 0 aliphatic heterocycles. The molecule has 0 saturated heterocycles. The average Bonchev–Trinajstić information content (AvgIpc) is 2.85. The summed E-state index contributed by atoms with van der Waals surface area (Å²) in [5.41, 5.74) is 0.900. The van der Waals surface area contributed by atoms with Crippen molar-refractivity contribution in [1.29, 1.82) is 5.26 Å². The average molecular weight is 273 g/mol. The third-order valence-electron chi connectivity index (χ3n) is 3.02. The van der Waals surface area contributed by atoms with Crippen LogP contribution in [0.25, 0.3) is 0 Å². The molecule has 0 radical (unpaired) electrons. The second-order valence-electron chi connectivity index (χ2n) is 4.51. The van der Waals surface area contributed by atoms with Gasteiger partial charge in [-0.25, -0.2) is 4.68 Å². The van der Waals surface area contributed by atoms with Crippen LogP contribution in [0.5, 0.6) is 0 Å². The third kappa shape index (κ3) is 2.59. The van der Waals surface area contributed by atoms with E-state index < -0.39 is 5.56 Å². The zero-order valence-electron chi connectivity index (χ0n) is 11.7. The monoisotopic (exact) mass is 273 g/mol. The van der Waals surface area contributed by atoms with Gasteiger partial charge in [-0.3, -0.25) is 4.79 Å². The van der Waals surface area contributed by atoms with Crippen molar-refractivity contribution in [3.63, 3.8) is 0 Å². The third-order valence-corrected chi connectivity index (χ3v) is 3.02. The van der Waals surface area contributed by atoms with Crippen LogP contribution in [0.2, 0.25) is 0 Å². The molecule has 2 heterocycles. The molecule has 7 nitrogen and oxygen atoms in total. The lowest BCUT2D eigenvalue weighted by molar-refractivity contribution is 0.357. The quantitative estimate of drug-likeness (QED) is 0.827. The van der Waals surface area contributed by atoms with Gasteiger partial charge in [0.2, 0.25) is 5.89 Å². The van der Waals surface area contributed by atoms with Gasteiger partial charge in [-0.2, -0.15) is 15.3 Å². The molecule has 2 aromatic rings. The second-order valence-corrected chi connectivity index (χ2v) is 4.51. The van der Waals surface area contributed by atoms with Gasteiger partial charge in [0.05, 0.1) is 5.69 Å². The van der Waals surface area contributed by atoms with Crippen molar-refractivity contribution in [3.05, 3.63) is 38.9 Å². The SMILES string of the molecule is CCCc1noc(Cn2nc(C)c(C)c(C#N)c2=O)n1. The van der Waals surface area contributed by atoms with Crippen LogP contribution < -0.4 is 5.56 Å². The Bertz CT molecular complexity index is 723. The van der Waals surface area contributed by atoms with Gasteiger partial charge in [0.1, 0.15) is 18.2 Å². The van der Waals surface area contributed by atoms with E-state index in [-0.39, 0.29) is 12.1 Å². The molecule has 0 bridgehead atoms. The van der Waals surface area contributed by atoms with E-state index in [1.807, 2.05) is 13.0 Å². The van der Waals surface area contributed by atoms with E-state index in [1.165, 1.54) is 4.68 Å². The number of hydrogen-bond donors (Lipinski definition) is 0. The maximum absolute atomic E-state index is 12.1. The summed E-state index contributed by atoms with van der Waals surface area (Å²) in [7, 11) is 0. The number of nitrogens with zero attached hydrogens (tertiary/aromatic N) is 5. The Labute approximate surface area is 115 Å². The van der Waals surface area contributed by atoms with Crippen LogP contribution in [-0.4, -0.2) is 19.9 Å². The van der Waals surface area contributed by atoms with E-state index in [1.54, 1.807) is 13.8 Å². The van der Waals surface area contributed by atoms with E-state index in [4.69, 9.17) is 9.78 Å². The summed E-state index contributed by atoms with van der Waals surface area (Å²) in [6, 6.07) is 1.92. The van der Waals surface area contributed by atoms with Crippen molar-refractivity contribution in [1.82, 2.24) is 19.9 Å². The lowest BCUT2D eigenvalue weighted by atomic mass is 10.1. The fourth-order valence-electron chi connectivity index (χ4n) is 1.82. The zero-order valence-corrected chi connectivity index (χ0v) is 11.7. The second kappa shape index (κ2) is 5.65. The summed E-state index contributed by atoms with van der Waals surface area (Å²) in [4.78, 5) is 16.3. The Morgan fingerprint density at radius 3 is 2.80 bits per heavy atom. The summed E-state index contributed by atoms with van der Waals surface area (Å²) in [5, 5.41) is 17.0. The molecule has 2 rings (SSSR count). The molecule has 0 spiro atoms. The Balaban J connectivity index is 2.36. The molecule has 0 fully saturated rings. The molecule has 0 atom stereocenters. The highest BCUT2D eigenvalue weighted by atomic mass is 16.5. The van der Waals surface area contributed by atoms with Crippen LogP contribution >= 0.6 is 0 Å². The first-order chi connectivity index (χ1) is 9.56. The Morgan fingerprint density at radius 1 is 1.40 bits per heavy atom. The Kier molecular flexibility index (Phi) is 3.94. The Hall–Kier alpha value is -2.49. The van der Waals surface area contributed by atoms with Gasteiger partial charge in [0.15, 0.2) is 5.82 Å². The van der Waals surface area contributed by atoms with Gasteiger partial charge in [-0.1, -0.05) is 12.1 Å². The molecule has 7 heteroatoms. The molecule has 20 heavy (non-hydrogen) atoms. The van der Waals surface area contributed by atoms with Crippen molar-refractivity contribution in [2.75, 3.05) is 0 Å². The molecular weight excluding hydrogens is 258 g/mol. The van der Waals surface area contributed by atoms with Crippen LogP contribution in [0.15, 0.2) is 9.32 Å². The molecule has 104 valence electrons. The largest absolute Gasteiger partial charge is 0.337 e. The highest BCUT2D eigenvalue weighted by molar-refractivity contribution is 5.36. The molecule has 0 aromatic carbocycles. The predicted octanol–water partition coefficient (Wildman–Crippen LogP) is 1.12.